The van der Waals surface area contributed by atoms with E-state index < -0.39 is 11.7 Å². The van der Waals surface area contributed by atoms with E-state index >= 15 is 0 Å². The van der Waals surface area contributed by atoms with Crippen LogP contribution in [0.4, 0.5) is 16.2 Å². The molecule has 2 aromatic rings. The summed E-state index contributed by atoms with van der Waals surface area (Å²) in [5.74, 6) is 0.216. The molecule has 0 aromatic heterocycles. The van der Waals surface area contributed by atoms with Gasteiger partial charge >= 0.3 is 6.09 Å². The summed E-state index contributed by atoms with van der Waals surface area (Å²) < 4.78 is 5.19. The van der Waals surface area contributed by atoms with Crippen LogP contribution in [-0.2, 0) is 11.3 Å². The lowest BCUT2D eigenvalue weighted by molar-refractivity contribution is 0.0523. The average molecular weight is 314 g/mol. The van der Waals surface area contributed by atoms with Crippen molar-refractivity contribution in [3.05, 3.63) is 54.1 Å². The Morgan fingerprint density at radius 1 is 1.09 bits per heavy atom. The maximum Gasteiger partial charge on any atom is 0.407 e. The normalized spacial score (nSPS) is 10.9. The van der Waals surface area contributed by atoms with Crippen molar-refractivity contribution >= 4 is 17.5 Å². The second kappa shape index (κ2) is 7.05. The lowest BCUT2D eigenvalue weighted by atomic mass is 10.2. The molecule has 0 fully saturated rings. The zero-order chi connectivity index (χ0) is 16.9. The molecule has 3 N–H and O–H groups in total. The first kappa shape index (κ1) is 16.7. The van der Waals surface area contributed by atoms with Crippen molar-refractivity contribution in [2.75, 3.05) is 5.32 Å². The third kappa shape index (κ3) is 5.90. The second-order valence-electron chi connectivity index (χ2n) is 6.23. The monoisotopic (exact) mass is 314 g/mol. The van der Waals surface area contributed by atoms with Crippen molar-refractivity contribution < 1.29 is 14.6 Å². The maximum absolute atomic E-state index is 11.6. The van der Waals surface area contributed by atoms with E-state index in [2.05, 4.69) is 10.6 Å². The topological polar surface area (TPSA) is 70.6 Å². The smallest absolute Gasteiger partial charge is 0.407 e. The van der Waals surface area contributed by atoms with Crippen LogP contribution in [0.25, 0.3) is 0 Å². The third-order valence-corrected chi connectivity index (χ3v) is 2.92. The van der Waals surface area contributed by atoms with E-state index in [1.54, 1.807) is 18.2 Å². The fraction of sp³-hybridized carbons (Fsp3) is 0.278. The molecule has 23 heavy (non-hydrogen) atoms. The number of aromatic hydroxyl groups is 1. The van der Waals surface area contributed by atoms with E-state index in [1.807, 2.05) is 51.1 Å². The van der Waals surface area contributed by atoms with Crippen molar-refractivity contribution in [3.63, 3.8) is 0 Å². The van der Waals surface area contributed by atoms with Crippen LogP contribution in [-0.4, -0.2) is 16.8 Å². The summed E-state index contributed by atoms with van der Waals surface area (Å²) in [7, 11) is 0. The van der Waals surface area contributed by atoms with Gasteiger partial charge in [-0.25, -0.2) is 4.79 Å². The van der Waals surface area contributed by atoms with E-state index in [4.69, 9.17) is 4.74 Å². The molecule has 5 nitrogen and oxygen atoms in total. The molecular formula is C18H22N2O3. The average Bonchev–Trinajstić information content (AvgIpc) is 2.45. The Morgan fingerprint density at radius 2 is 1.78 bits per heavy atom. The number of benzene rings is 2. The minimum absolute atomic E-state index is 0.216. The molecule has 122 valence electrons. The molecule has 1 amide bonds. The summed E-state index contributed by atoms with van der Waals surface area (Å²) in [5, 5.41) is 15.4. The largest absolute Gasteiger partial charge is 0.508 e. The molecule has 0 heterocycles. The number of carbonyl (C=O) groups is 1. The van der Waals surface area contributed by atoms with Crippen LogP contribution in [0.3, 0.4) is 0 Å². The molecule has 0 unspecified atom stereocenters. The van der Waals surface area contributed by atoms with E-state index in [9.17, 15) is 9.90 Å². The van der Waals surface area contributed by atoms with Crippen molar-refractivity contribution in [2.45, 2.75) is 32.9 Å². The number of amides is 1. The molecule has 2 aromatic carbocycles. The minimum atomic E-state index is -0.501. The summed E-state index contributed by atoms with van der Waals surface area (Å²) >= 11 is 0. The minimum Gasteiger partial charge on any atom is -0.508 e. The molecule has 0 aliphatic heterocycles. The Hall–Kier alpha value is -2.69. The SMILES string of the molecule is CC(C)(C)OC(=O)NCc1ccc(Nc2cccc(O)c2)cc1. The summed E-state index contributed by atoms with van der Waals surface area (Å²) in [4.78, 5) is 11.6. The predicted octanol–water partition coefficient (Wildman–Crippen LogP) is 4.16. The van der Waals surface area contributed by atoms with E-state index in [0.717, 1.165) is 16.9 Å². The van der Waals surface area contributed by atoms with Gasteiger partial charge in [0, 0.05) is 24.0 Å². The van der Waals surface area contributed by atoms with Crippen molar-refractivity contribution in [1.82, 2.24) is 5.32 Å². The first-order valence-corrected chi connectivity index (χ1v) is 7.44. The molecule has 0 saturated heterocycles. The van der Waals surface area contributed by atoms with Crippen molar-refractivity contribution in [1.29, 1.82) is 0 Å². The van der Waals surface area contributed by atoms with Crippen LogP contribution in [0.1, 0.15) is 26.3 Å². The van der Waals surface area contributed by atoms with Crippen molar-refractivity contribution in [3.8, 4) is 5.75 Å². The van der Waals surface area contributed by atoms with Crippen LogP contribution in [0, 0.1) is 0 Å². The van der Waals surface area contributed by atoms with Gasteiger partial charge in [0.1, 0.15) is 11.4 Å². The number of phenols is 1. The summed E-state index contributed by atoms with van der Waals surface area (Å²) in [6.07, 6.45) is -0.431. The Morgan fingerprint density at radius 3 is 2.39 bits per heavy atom. The van der Waals surface area contributed by atoms with Gasteiger partial charge in [-0.1, -0.05) is 18.2 Å². The molecule has 0 aliphatic rings. The van der Waals surface area contributed by atoms with Crippen LogP contribution < -0.4 is 10.6 Å². The fourth-order valence-corrected chi connectivity index (χ4v) is 1.94. The molecule has 0 spiro atoms. The number of ether oxygens (including phenoxy) is 1. The van der Waals surface area contributed by atoms with Crippen LogP contribution in [0.15, 0.2) is 48.5 Å². The first-order valence-electron chi connectivity index (χ1n) is 7.44. The number of hydrogen-bond acceptors (Lipinski definition) is 4. The van der Waals surface area contributed by atoms with E-state index in [-0.39, 0.29) is 5.75 Å². The van der Waals surface area contributed by atoms with Gasteiger partial charge in [0.05, 0.1) is 0 Å². The van der Waals surface area contributed by atoms with Gasteiger partial charge in [0.25, 0.3) is 0 Å². The highest BCUT2D eigenvalue weighted by atomic mass is 16.6. The second-order valence-corrected chi connectivity index (χ2v) is 6.23. The standard InChI is InChI=1S/C18H22N2O3/c1-18(2,3)23-17(22)19-12-13-7-9-14(10-8-13)20-15-5-4-6-16(21)11-15/h4-11,20-21H,12H2,1-3H3,(H,19,22). The van der Waals surface area contributed by atoms with Gasteiger partial charge < -0.3 is 20.5 Å². The van der Waals surface area contributed by atoms with Gasteiger partial charge in [-0.2, -0.15) is 0 Å². The van der Waals surface area contributed by atoms with Crippen LogP contribution >= 0.6 is 0 Å². The molecule has 0 saturated carbocycles. The molecule has 0 aliphatic carbocycles. The van der Waals surface area contributed by atoms with Crippen LogP contribution in [0.5, 0.6) is 5.75 Å². The van der Waals surface area contributed by atoms with Gasteiger partial charge in [-0.3, -0.25) is 0 Å². The summed E-state index contributed by atoms with van der Waals surface area (Å²) in [5.41, 5.74) is 2.18. The first-order chi connectivity index (χ1) is 10.8. The lowest BCUT2D eigenvalue weighted by Gasteiger charge is -2.19. The van der Waals surface area contributed by atoms with Crippen LogP contribution in [0.2, 0.25) is 0 Å². The molecule has 0 bridgehead atoms. The Balaban J connectivity index is 1.88. The predicted molar refractivity (Wildman–Crippen MR) is 90.9 cm³/mol. The Kier molecular flexibility index (Phi) is 5.11. The van der Waals surface area contributed by atoms with Gasteiger partial charge in [-0.15, -0.1) is 0 Å². The number of nitrogens with one attached hydrogen (secondary N) is 2. The van der Waals surface area contributed by atoms with E-state index in [1.165, 1.54) is 0 Å². The summed E-state index contributed by atoms with van der Waals surface area (Å²) in [6.45, 7) is 5.89. The molecule has 2 rings (SSSR count). The zero-order valence-corrected chi connectivity index (χ0v) is 13.6. The number of anilines is 2. The van der Waals surface area contributed by atoms with Crippen molar-refractivity contribution in [2.24, 2.45) is 0 Å². The van der Waals surface area contributed by atoms with Gasteiger partial charge in [-0.05, 0) is 50.6 Å². The highest BCUT2D eigenvalue weighted by Gasteiger charge is 2.15. The van der Waals surface area contributed by atoms with Gasteiger partial charge in [0.15, 0.2) is 0 Å². The Labute approximate surface area is 136 Å². The maximum atomic E-state index is 11.6. The molecular weight excluding hydrogens is 292 g/mol. The molecule has 5 heteroatoms. The number of alkyl carbamates (subject to hydrolysis) is 1. The summed E-state index contributed by atoms with van der Waals surface area (Å²) in [6, 6.07) is 14.6. The molecule has 0 radical (unpaired) electrons. The number of phenolic OH excluding ortho intramolecular Hbond substituents is 1. The number of carbonyl (C=O) groups excluding carboxylic acids is 1. The Bertz CT molecular complexity index is 661. The number of hydrogen-bond donors (Lipinski definition) is 3. The van der Waals surface area contributed by atoms with Gasteiger partial charge in [0.2, 0.25) is 0 Å². The lowest BCUT2D eigenvalue weighted by Crippen LogP contribution is -2.32. The highest BCUT2D eigenvalue weighted by Crippen LogP contribution is 2.20. The molecule has 0 atom stereocenters. The number of rotatable bonds is 4. The quantitative estimate of drug-likeness (QED) is 0.792. The van der Waals surface area contributed by atoms with E-state index in [0.29, 0.717) is 6.54 Å². The fourth-order valence-electron chi connectivity index (χ4n) is 1.94. The zero-order valence-electron chi connectivity index (χ0n) is 13.6. The third-order valence-electron chi connectivity index (χ3n) is 2.92. The highest BCUT2D eigenvalue weighted by molar-refractivity contribution is 5.67.